The van der Waals surface area contributed by atoms with Gasteiger partial charge in [-0.05, 0) is 6.07 Å². The topological polar surface area (TPSA) is 137 Å². The SMILES string of the molecule is Cn1cc(N)cc1C(=O)N(CC(N)=O)CC(N)=O. The zero-order valence-electron chi connectivity index (χ0n) is 9.92. The third kappa shape index (κ3) is 3.24. The standard InChI is InChI=1S/C10H15N5O3/c1-14-3-6(11)2-7(14)10(18)15(4-8(12)16)5-9(13)17/h2-3H,4-5,11H2,1H3,(H2,12,16)(H2,13,17). The van der Waals surface area contributed by atoms with E-state index in [0.717, 1.165) is 4.90 Å². The first-order valence-corrected chi connectivity index (χ1v) is 5.09. The van der Waals surface area contributed by atoms with E-state index in [0.29, 0.717) is 5.69 Å². The lowest BCUT2D eigenvalue weighted by molar-refractivity contribution is -0.121. The lowest BCUT2D eigenvalue weighted by Gasteiger charge is -2.19. The van der Waals surface area contributed by atoms with Crippen molar-refractivity contribution >= 4 is 23.4 Å². The van der Waals surface area contributed by atoms with Gasteiger partial charge in [0.2, 0.25) is 11.8 Å². The predicted molar refractivity (Wildman–Crippen MR) is 64.1 cm³/mol. The first kappa shape index (κ1) is 13.6. The van der Waals surface area contributed by atoms with E-state index in [1.807, 2.05) is 0 Å². The van der Waals surface area contributed by atoms with Crippen LogP contribution in [-0.2, 0) is 16.6 Å². The molecule has 0 saturated carbocycles. The van der Waals surface area contributed by atoms with Crippen LogP contribution in [0, 0.1) is 0 Å². The minimum absolute atomic E-state index is 0.245. The Morgan fingerprint density at radius 3 is 2.06 bits per heavy atom. The number of primary amides is 2. The van der Waals surface area contributed by atoms with E-state index in [-0.39, 0.29) is 18.8 Å². The Morgan fingerprint density at radius 2 is 1.72 bits per heavy atom. The van der Waals surface area contributed by atoms with Gasteiger partial charge in [-0.1, -0.05) is 0 Å². The van der Waals surface area contributed by atoms with Gasteiger partial charge in [0.1, 0.15) is 18.8 Å². The van der Waals surface area contributed by atoms with Crippen LogP contribution < -0.4 is 17.2 Å². The van der Waals surface area contributed by atoms with E-state index in [2.05, 4.69) is 0 Å². The van der Waals surface area contributed by atoms with Crippen LogP contribution in [0.5, 0.6) is 0 Å². The molecule has 8 heteroatoms. The molecule has 0 atom stereocenters. The Morgan fingerprint density at radius 1 is 1.22 bits per heavy atom. The van der Waals surface area contributed by atoms with Crippen molar-refractivity contribution in [2.45, 2.75) is 0 Å². The minimum Gasteiger partial charge on any atom is -0.397 e. The molecule has 0 bridgehead atoms. The van der Waals surface area contributed by atoms with Gasteiger partial charge in [0.15, 0.2) is 0 Å². The molecule has 1 aromatic heterocycles. The van der Waals surface area contributed by atoms with Crippen LogP contribution in [0.15, 0.2) is 12.3 Å². The second-order valence-electron chi connectivity index (χ2n) is 3.86. The Labute approximate surface area is 103 Å². The normalized spacial score (nSPS) is 10.1. The molecule has 0 unspecified atom stereocenters. The number of anilines is 1. The smallest absolute Gasteiger partial charge is 0.271 e. The van der Waals surface area contributed by atoms with Crippen molar-refractivity contribution in [1.82, 2.24) is 9.47 Å². The predicted octanol–water partition coefficient (Wildman–Crippen LogP) is -1.98. The van der Waals surface area contributed by atoms with E-state index >= 15 is 0 Å². The number of carbonyl (C=O) groups excluding carboxylic acids is 3. The summed E-state index contributed by atoms with van der Waals surface area (Å²) in [5.41, 5.74) is 16.2. The van der Waals surface area contributed by atoms with Crippen molar-refractivity contribution in [3.05, 3.63) is 18.0 Å². The largest absolute Gasteiger partial charge is 0.397 e. The number of nitrogens with two attached hydrogens (primary N) is 3. The van der Waals surface area contributed by atoms with Crippen LogP contribution >= 0.6 is 0 Å². The fourth-order valence-corrected chi connectivity index (χ4v) is 1.54. The summed E-state index contributed by atoms with van der Waals surface area (Å²) >= 11 is 0. The Bertz CT molecular complexity index is 478. The number of carbonyl (C=O) groups is 3. The van der Waals surface area contributed by atoms with Crippen LogP contribution in [0.4, 0.5) is 5.69 Å². The molecule has 0 saturated heterocycles. The quantitative estimate of drug-likeness (QED) is 0.559. The van der Waals surface area contributed by atoms with Gasteiger partial charge < -0.3 is 26.7 Å². The summed E-state index contributed by atoms with van der Waals surface area (Å²) < 4.78 is 1.49. The minimum atomic E-state index is -0.730. The second kappa shape index (κ2) is 5.21. The van der Waals surface area contributed by atoms with Crippen LogP contribution in [0.3, 0.4) is 0 Å². The van der Waals surface area contributed by atoms with Crippen LogP contribution in [0.25, 0.3) is 0 Å². The molecule has 1 aromatic rings. The maximum atomic E-state index is 12.1. The molecular weight excluding hydrogens is 238 g/mol. The average Bonchev–Trinajstić information content (AvgIpc) is 2.54. The fraction of sp³-hybridized carbons (Fsp3) is 0.300. The summed E-state index contributed by atoms with van der Waals surface area (Å²) in [7, 11) is 1.62. The first-order chi connectivity index (χ1) is 8.31. The van der Waals surface area contributed by atoms with Crippen molar-refractivity contribution in [3.8, 4) is 0 Å². The monoisotopic (exact) mass is 253 g/mol. The fourth-order valence-electron chi connectivity index (χ4n) is 1.54. The second-order valence-corrected chi connectivity index (χ2v) is 3.86. The maximum Gasteiger partial charge on any atom is 0.271 e. The molecule has 18 heavy (non-hydrogen) atoms. The van der Waals surface area contributed by atoms with Gasteiger partial charge in [0.05, 0.1) is 5.69 Å². The van der Waals surface area contributed by atoms with Gasteiger partial charge in [0.25, 0.3) is 5.91 Å². The van der Waals surface area contributed by atoms with Gasteiger partial charge in [-0.2, -0.15) is 0 Å². The molecule has 0 spiro atoms. The highest BCUT2D eigenvalue weighted by molar-refractivity contribution is 5.98. The number of nitrogens with zero attached hydrogens (tertiary/aromatic N) is 2. The molecule has 8 nitrogen and oxygen atoms in total. The van der Waals surface area contributed by atoms with Crippen molar-refractivity contribution in [1.29, 1.82) is 0 Å². The summed E-state index contributed by atoms with van der Waals surface area (Å²) in [5, 5.41) is 0. The van der Waals surface area contributed by atoms with Gasteiger partial charge >= 0.3 is 0 Å². The van der Waals surface area contributed by atoms with Crippen molar-refractivity contribution in [2.75, 3.05) is 18.8 Å². The number of hydrogen-bond acceptors (Lipinski definition) is 4. The summed E-state index contributed by atoms with van der Waals surface area (Å²) in [6, 6.07) is 1.44. The Kier molecular flexibility index (Phi) is 3.93. The molecule has 0 aliphatic rings. The lowest BCUT2D eigenvalue weighted by atomic mass is 10.3. The number of aryl methyl sites for hydroxylation is 1. The van der Waals surface area contributed by atoms with E-state index in [9.17, 15) is 14.4 Å². The molecule has 0 aliphatic heterocycles. The molecule has 98 valence electrons. The molecule has 6 N–H and O–H groups in total. The molecule has 3 amide bonds. The first-order valence-electron chi connectivity index (χ1n) is 5.09. The number of hydrogen-bond donors (Lipinski definition) is 3. The molecule has 1 heterocycles. The highest BCUT2D eigenvalue weighted by Crippen LogP contribution is 2.11. The van der Waals surface area contributed by atoms with E-state index in [4.69, 9.17) is 17.2 Å². The van der Waals surface area contributed by atoms with Gasteiger partial charge in [-0.15, -0.1) is 0 Å². The summed E-state index contributed by atoms with van der Waals surface area (Å²) in [6.45, 7) is -0.764. The van der Waals surface area contributed by atoms with Crippen LogP contribution in [0.1, 0.15) is 10.5 Å². The Balaban J connectivity index is 2.97. The molecule has 0 fully saturated rings. The summed E-state index contributed by atoms with van der Waals surface area (Å²) in [5.74, 6) is -2.00. The van der Waals surface area contributed by atoms with E-state index < -0.39 is 17.7 Å². The van der Waals surface area contributed by atoms with Gasteiger partial charge in [-0.3, -0.25) is 14.4 Å². The third-order valence-corrected chi connectivity index (χ3v) is 2.23. The summed E-state index contributed by atoms with van der Waals surface area (Å²) in [6.07, 6.45) is 1.54. The molecular formula is C10H15N5O3. The molecule has 0 aliphatic carbocycles. The van der Waals surface area contributed by atoms with E-state index in [1.54, 1.807) is 13.2 Å². The van der Waals surface area contributed by atoms with Crippen LogP contribution in [-0.4, -0.2) is 40.3 Å². The highest BCUT2D eigenvalue weighted by Gasteiger charge is 2.21. The number of nitrogen functional groups attached to an aromatic ring is 1. The molecule has 0 radical (unpaired) electrons. The molecule has 1 rings (SSSR count). The zero-order valence-corrected chi connectivity index (χ0v) is 9.92. The number of rotatable bonds is 5. The van der Waals surface area contributed by atoms with Gasteiger partial charge in [-0.25, -0.2) is 0 Å². The maximum absolute atomic E-state index is 12.1. The average molecular weight is 253 g/mol. The third-order valence-electron chi connectivity index (χ3n) is 2.23. The Hall–Kier alpha value is -2.51. The van der Waals surface area contributed by atoms with Gasteiger partial charge in [0, 0.05) is 13.2 Å². The number of aromatic nitrogens is 1. The zero-order chi connectivity index (χ0) is 13.9. The van der Waals surface area contributed by atoms with Crippen molar-refractivity contribution in [3.63, 3.8) is 0 Å². The van der Waals surface area contributed by atoms with Crippen molar-refractivity contribution < 1.29 is 14.4 Å². The van der Waals surface area contributed by atoms with E-state index in [1.165, 1.54) is 10.6 Å². The van der Waals surface area contributed by atoms with Crippen molar-refractivity contribution in [2.24, 2.45) is 18.5 Å². The highest BCUT2D eigenvalue weighted by atomic mass is 16.2. The lowest BCUT2D eigenvalue weighted by Crippen LogP contribution is -2.43. The van der Waals surface area contributed by atoms with Crippen LogP contribution in [0.2, 0.25) is 0 Å². The summed E-state index contributed by atoms with van der Waals surface area (Å²) in [4.78, 5) is 34.8. The molecule has 0 aromatic carbocycles. The number of amides is 3.